The maximum atomic E-state index is 13.7. The molecule has 0 amide bonds. The van der Waals surface area contributed by atoms with E-state index in [4.69, 9.17) is 4.74 Å². The lowest BCUT2D eigenvalue weighted by molar-refractivity contribution is 0.126. The number of piperidine rings is 1. The topological polar surface area (TPSA) is 58.6 Å². The van der Waals surface area contributed by atoms with Crippen molar-refractivity contribution >= 4 is 10.0 Å². The van der Waals surface area contributed by atoms with Gasteiger partial charge in [-0.05, 0) is 25.5 Å². The first kappa shape index (κ1) is 18.2. The first-order valence-corrected chi connectivity index (χ1v) is 8.70. The van der Waals surface area contributed by atoms with Gasteiger partial charge in [0.2, 0.25) is 10.0 Å². The Kier molecular flexibility index (Phi) is 6.01. The molecule has 1 aromatic carbocycles. The van der Waals surface area contributed by atoms with E-state index in [1.54, 1.807) is 7.11 Å². The fourth-order valence-corrected chi connectivity index (χ4v) is 3.90. The average Bonchev–Trinajstić information content (AvgIpc) is 2.48. The van der Waals surface area contributed by atoms with Gasteiger partial charge < -0.3 is 4.74 Å². The minimum absolute atomic E-state index is 0.232. The number of methoxy groups -OCH3 is 1. The number of ether oxygens (including phenoxy) is 1. The highest BCUT2D eigenvalue weighted by atomic mass is 32.2. The van der Waals surface area contributed by atoms with Crippen molar-refractivity contribution in [3.05, 3.63) is 29.6 Å². The van der Waals surface area contributed by atoms with Crippen LogP contribution in [-0.4, -0.2) is 52.7 Å². The van der Waals surface area contributed by atoms with Crippen molar-refractivity contribution in [1.29, 1.82) is 0 Å². The highest BCUT2D eigenvalue weighted by molar-refractivity contribution is 7.89. The fourth-order valence-electron chi connectivity index (χ4n) is 2.57. The highest BCUT2D eigenvalue weighted by Crippen LogP contribution is 2.20. The molecule has 1 unspecified atom stereocenters. The van der Waals surface area contributed by atoms with Gasteiger partial charge >= 0.3 is 0 Å². The van der Waals surface area contributed by atoms with Crippen LogP contribution in [0.15, 0.2) is 17.0 Å². The van der Waals surface area contributed by atoms with Crippen molar-refractivity contribution < 1.29 is 26.3 Å². The molecule has 1 atom stereocenters. The maximum Gasteiger partial charge on any atom is 0.243 e. The average molecular weight is 352 g/mol. The van der Waals surface area contributed by atoms with Gasteiger partial charge in [0, 0.05) is 32.3 Å². The summed E-state index contributed by atoms with van der Waals surface area (Å²) >= 11 is 0. The number of likely N-dealkylation sites (tertiary alicyclic amines) is 1. The first-order valence-electron chi connectivity index (χ1n) is 7.21. The third kappa shape index (κ3) is 4.66. The number of rotatable bonds is 6. The molecule has 1 heterocycles. The van der Waals surface area contributed by atoms with E-state index in [0.29, 0.717) is 32.2 Å². The summed E-state index contributed by atoms with van der Waals surface area (Å²) in [5, 5.41) is 0. The number of sulfonamides is 1. The van der Waals surface area contributed by atoms with Crippen molar-refractivity contribution in [1.82, 2.24) is 9.62 Å². The molecular weight excluding hydrogens is 333 g/mol. The summed E-state index contributed by atoms with van der Waals surface area (Å²) in [7, 11) is -2.68. The Morgan fingerprint density at radius 1 is 1.26 bits per heavy atom. The number of hydrogen-bond acceptors (Lipinski definition) is 4. The Morgan fingerprint density at radius 3 is 2.65 bits per heavy atom. The van der Waals surface area contributed by atoms with E-state index in [9.17, 15) is 21.6 Å². The normalized spacial score (nSPS) is 19.9. The summed E-state index contributed by atoms with van der Waals surface area (Å²) in [6.45, 7) is 2.46. The molecule has 0 aromatic heterocycles. The molecule has 0 spiro atoms. The molecular formula is C14H19F3N2O3S. The summed E-state index contributed by atoms with van der Waals surface area (Å²) in [5.74, 6) is -4.15. The van der Waals surface area contributed by atoms with Crippen LogP contribution >= 0.6 is 0 Å². The molecule has 1 N–H and O–H groups in total. The molecule has 0 radical (unpaired) electrons. The second kappa shape index (κ2) is 7.61. The molecule has 23 heavy (non-hydrogen) atoms. The van der Waals surface area contributed by atoms with Gasteiger partial charge in [0.15, 0.2) is 11.6 Å². The van der Waals surface area contributed by atoms with Gasteiger partial charge in [-0.3, -0.25) is 4.90 Å². The van der Waals surface area contributed by atoms with Crippen LogP contribution in [0.1, 0.15) is 12.8 Å². The monoisotopic (exact) mass is 352 g/mol. The molecule has 1 aromatic rings. The number of benzene rings is 1. The zero-order valence-corrected chi connectivity index (χ0v) is 13.5. The summed E-state index contributed by atoms with van der Waals surface area (Å²) in [5.41, 5.74) is 0. The van der Waals surface area contributed by atoms with Gasteiger partial charge in [0.05, 0.1) is 6.61 Å². The van der Waals surface area contributed by atoms with Crippen molar-refractivity contribution in [2.24, 2.45) is 0 Å². The Bertz CT molecular complexity index is 655. The lowest BCUT2D eigenvalue weighted by Crippen LogP contribution is -2.48. The third-order valence-corrected chi connectivity index (χ3v) is 5.24. The predicted molar refractivity (Wildman–Crippen MR) is 78.0 cm³/mol. The molecule has 130 valence electrons. The van der Waals surface area contributed by atoms with Crippen molar-refractivity contribution in [2.45, 2.75) is 23.8 Å². The van der Waals surface area contributed by atoms with Crippen LogP contribution in [0, 0.1) is 17.5 Å². The summed E-state index contributed by atoms with van der Waals surface area (Å²) in [4.78, 5) is 1.15. The van der Waals surface area contributed by atoms with Gasteiger partial charge in [-0.1, -0.05) is 0 Å². The van der Waals surface area contributed by atoms with Crippen molar-refractivity contribution in [3.8, 4) is 0 Å². The van der Waals surface area contributed by atoms with Crippen molar-refractivity contribution in [2.75, 3.05) is 33.4 Å². The molecule has 0 saturated carbocycles. The van der Waals surface area contributed by atoms with Crippen molar-refractivity contribution in [3.63, 3.8) is 0 Å². The molecule has 1 fully saturated rings. The molecule has 5 nitrogen and oxygen atoms in total. The molecule has 9 heteroatoms. The number of halogens is 3. The lowest BCUT2D eigenvalue weighted by Gasteiger charge is -2.32. The van der Waals surface area contributed by atoms with Crippen LogP contribution in [-0.2, 0) is 14.8 Å². The minimum Gasteiger partial charge on any atom is -0.383 e. The molecule has 2 rings (SSSR count). The number of hydrogen-bond donors (Lipinski definition) is 1. The Morgan fingerprint density at radius 2 is 1.96 bits per heavy atom. The third-order valence-electron chi connectivity index (χ3n) is 3.70. The Hall–Kier alpha value is -1.16. The second-order valence-corrected chi connectivity index (χ2v) is 7.13. The second-order valence-electron chi connectivity index (χ2n) is 5.45. The SMILES string of the molecule is COCCN1CCCC(NS(=O)(=O)c2cc(F)c(F)cc2F)C1. The summed E-state index contributed by atoms with van der Waals surface area (Å²) in [6.07, 6.45) is 1.37. The smallest absolute Gasteiger partial charge is 0.243 e. The predicted octanol–water partition coefficient (Wildman–Crippen LogP) is 1.49. The minimum atomic E-state index is -4.26. The molecule has 0 bridgehead atoms. The van der Waals surface area contributed by atoms with Crippen LogP contribution in [0.25, 0.3) is 0 Å². The van der Waals surface area contributed by atoms with E-state index < -0.39 is 38.4 Å². The standard InChI is InChI=1S/C14H19F3N2O3S/c1-22-6-5-19-4-2-3-10(9-19)18-23(20,21)14-8-12(16)11(15)7-13(14)17/h7-8,10,18H,2-6,9H2,1H3. The Balaban J connectivity index is 2.10. The van der Waals surface area contributed by atoms with E-state index in [1.165, 1.54) is 0 Å². The maximum absolute atomic E-state index is 13.7. The van der Waals surface area contributed by atoms with Crippen LogP contribution in [0.2, 0.25) is 0 Å². The largest absolute Gasteiger partial charge is 0.383 e. The van der Waals surface area contributed by atoms with Crippen LogP contribution in [0.5, 0.6) is 0 Å². The number of nitrogens with one attached hydrogen (secondary N) is 1. The van der Waals surface area contributed by atoms with Gasteiger partial charge in [-0.15, -0.1) is 0 Å². The molecule has 1 aliphatic heterocycles. The van der Waals surface area contributed by atoms with E-state index in [-0.39, 0.29) is 6.07 Å². The van der Waals surface area contributed by atoms with Gasteiger partial charge in [0.25, 0.3) is 0 Å². The van der Waals surface area contributed by atoms with E-state index in [0.717, 1.165) is 13.0 Å². The quantitative estimate of drug-likeness (QED) is 0.788. The van der Waals surface area contributed by atoms with Crippen LogP contribution < -0.4 is 4.72 Å². The zero-order valence-electron chi connectivity index (χ0n) is 12.7. The van der Waals surface area contributed by atoms with Gasteiger partial charge in [0.1, 0.15) is 10.7 Å². The zero-order chi connectivity index (χ0) is 17.0. The first-order chi connectivity index (χ1) is 10.8. The number of nitrogens with zero attached hydrogens (tertiary/aromatic N) is 1. The van der Waals surface area contributed by atoms with Crippen LogP contribution in [0.4, 0.5) is 13.2 Å². The lowest BCUT2D eigenvalue weighted by atomic mass is 10.1. The van der Waals surface area contributed by atoms with Gasteiger partial charge in [-0.25, -0.2) is 26.3 Å². The summed E-state index contributed by atoms with van der Waals surface area (Å²) < 4.78 is 71.6. The molecule has 1 saturated heterocycles. The van der Waals surface area contributed by atoms with E-state index >= 15 is 0 Å². The fraction of sp³-hybridized carbons (Fsp3) is 0.571. The Labute approximate surface area is 133 Å². The summed E-state index contributed by atoms with van der Waals surface area (Å²) in [6, 6.07) is 0.173. The van der Waals surface area contributed by atoms with Crippen LogP contribution in [0.3, 0.4) is 0 Å². The van der Waals surface area contributed by atoms with E-state index in [2.05, 4.69) is 4.72 Å². The van der Waals surface area contributed by atoms with E-state index in [1.807, 2.05) is 4.90 Å². The van der Waals surface area contributed by atoms with Gasteiger partial charge in [-0.2, -0.15) is 0 Å². The molecule has 0 aliphatic carbocycles. The molecule has 1 aliphatic rings. The highest BCUT2D eigenvalue weighted by Gasteiger charge is 2.28.